The van der Waals surface area contributed by atoms with Gasteiger partial charge in [0.2, 0.25) is 0 Å². The normalized spacial score (nSPS) is 14.8. The van der Waals surface area contributed by atoms with E-state index in [0.717, 1.165) is 28.3 Å². The number of hydrogen-bond acceptors (Lipinski definition) is 7. The Morgan fingerprint density at radius 3 is 2.58 bits per heavy atom. The predicted octanol–water partition coefficient (Wildman–Crippen LogP) is 3.76. The number of nitrogens with one attached hydrogen (secondary N) is 2. The number of carbonyl (C=O) groups is 3. The van der Waals surface area contributed by atoms with Crippen molar-refractivity contribution in [3.63, 3.8) is 0 Å². The molecule has 1 saturated heterocycles. The number of imide groups is 1. The van der Waals surface area contributed by atoms with Gasteiger partial charge in [-0.1, -0.05) is 23.7 Å². The van der Waals surface area contributed by atoms with Crippen molar-refractivity contribution >= 4 is 57.9 Å². The van der Waals surface area contributed by atoms with E-state index in [1.54, 1.807) is 37.4 Å². The molecule has 0 aromatic heterocycles. The average Bonchev–Trinajstić information content (AvgIpc) is 3.02. The molecule has 9 nitrogen and oxygen atoms in total. The highest BCUT2D eigenvalue weighted by molar-refractivity contribution is 8.18. The van der Waals surface area contributed by atoms with Crippen LogP contribution in [0.25, 0.3) is 6.08 Å². The lowest BCUT2D eigenvalue weighted by atomic mass is 10.1. The van der Waals surface area contributed by atoms with E-state index >= 15 is 0 Å². The van der Waals surface area contributed by atoms with Crippen molar-refractivity contribution in [2.75, 3.05) is 25.5 Å². The van der Waals surface area contributed by atoms with Crippen LogP contribution in [-0.4, -0.2) is 47.0 Å². The van der Waals surface area contributed by atoms with E-state index in [1.165, 1.54) is 12.1 Å². The number of nitro groups is 1. The Hall–Kier alpha value is -3.37. The summed E-state index contributed by atoms with van der Waals surface area (Å²) in [4.78, 5) is 48.9. The Bertz CT molecular complexity index is 1090. The average molecular weight is 461 g/mol. The third-order valence-corrected chi connectivity index (χ3v) is 5.55. The summed E-state index contributed by atoms with van der Waals surface area (Å²) in [6.07, 6.45) is 1.60. The number of hydrogen-bond donors (Lipinski definition) is 2. The molecule has 0 bridgehead atoms. The van der Waals surface area contributed by atoms with E-state index in [0.29, 0.717) is 10.7 Å². The van der Waals surface area contributed by atoms with Gasteiger partial charge in [0.05, 0.1) is 15.4 Å². The molecule has 0 spiro atoms. The minimum absolute atomic E-state index is 0.00303. The van der Waals surface area contributed by atoms with E-state index < -0.39 is 22.0 Å². The lowest BCUT2D eigenvalue weighted by Gasteiger charge is -2.14. The van der Waals surface area contributed by atoms with Crippen molar-refractivity contribution in [1.82, 2.24) is 10.2 Å². The van der Waals surface area contributed by atoms with Crippen molar-refractivity contribution in [2.24, 2.45) is 0 Å². The maximum Gasteiger partial charge on any atom is 0.293 e. The molecule has 1 aliphatic rings. The quantitative estimate of drug-likeness (QED) is 0.366. The molecule has 1 fully saturated rings. The number of benzene rings is 2. The monoisotopic (exact) mass is 460 g/mol. The molecule has 2 aromatic rings. The molecule has 0 saturated carbocycles. The zero-order valence-electron chi connectivity index (χ0n) is 16.3. The Morgan fingerprint density at radius 2 is 1.94 bits per heavy atom. The number of non-ortho nitro benzene ring substituents is 1. The fourth-order valence-corrected chi connectivity index (χ4v) is 3.82. The molecule has 3 amide bonds. The first-order valence-corrected chi connectivity index (χ1v) is 10.2. The summed E-state index contributed by atoms with van der Waals surface area (Å²) in [7, 11) is 1.59. The number of amides is 3. The number of nitrogens with zero attached hydrogens (tertiary/aromatic N) is 2. The number of thioether (sulfide) groups is 1. The maximum absolute atomic E-state index is 12.5. The third-order valence-electron chi connectivity index (χ3n) is 4.39. The fraction of sp³-hybridized carbons (Fsp3) is 0.150. The maximum atomic E-state index is 12.5. The van der Waals surface area contributed by atoms with Gasteiger partial charge in [-0.15, -0.1) is 0 Å². The number of rotatable bonds is 7. The van der Waals surface area contributed by atoms with Crippen LogP contribution in [0.4, 0.5) is 16.2 Å². The molecule has 2 N–H and O–H groups in total. The summed E-state index contributed by atoms with van der Waals surface area (Å²) >= 11 is 6.66. The molecule has 11 heteroatoms. The van der Waals surface area contributed by atoms with Crippen LogP contribution in [0.1, 0.15) is 15.9 Å². The molecular formula is C20H17ClN4O5S. The zero-order valence-corrected chi connectivity index (χ0v) is 17.8. The van der Waals surface area contributed by atoms with Gasteiger partial charge in [-0.3, -0.25) is 29.4 Å². The standard InChI is InChI=1S/C20H17ClN4O5S/c1-22-16-7-6-14(25(29)30)11-15(16)18(26)23-8-9-24-19(27)17(31-20(24)28)10-12-2-4-13(21)5-3-12/h2-7,10-11,22H,8-9H2,1H3,(H,23,26)/b17-10-. The van der Waals surface area contributed by atoms with Crippen molar-refractivity contribution in [2.45, 2.75) is 0 Å². The third kappa shape index (κ3) is 5.22. The fourth-order valence-electron chi connectivity index (χ4n) is 2.83. The molecule has 0 aliphatic carbocycles. The minimum atomic E-state index is -0.594. The van der Waals surface area contributed by atoms with Gasteiger partial charge < -0.3 is 10.6 Å². The van der Waals surface area contributed by atoms with Crippen molar-refractivity contribution in [3.05, 3.63) is 73.6 Å². The first kappa shape index (κ1) is 22.3. The molecule has 0 radical (unpaired) electrons. The van der Waals surface area contributed by atoms with Crippen LogP contribution in [0.3, 0.4) is 0 Å². The largest absolute Gasteiger partial charge is 0.387 e. The predicted molar refractivity (Wildman–Crippen MR) is 119 cm³/mol. The lowest BCUT2D eigenvalue weighted by molar-refractivity contribution is -0.384. The molecule has 160 valence electrons. The Labute approximate surface area is 186 Å². The Morgan fingerprint density at radius 1 is 1.23 bits per heavy atom. The molecule has 0 unspecified atom stereocenters. The highest BCUT2D eigenvalue weighted by Crippen LogP contribution is 2.32. The zero-order chi connectivity index (χ0) is 22.5. The molecule has 3 rings (SSSR count). The Balaban J connectivity index is 1.64. The number of anilines is 1. The molecule has 1 heterocycles. The van der Waals surface area contributed by atoms with Crippen LogP contribution in [0.2, 0.25) is 5.02 Å². The summed E-state index contributed by atoms with van der Waals surface area (Å²) in [5, 5.41) is 16.5. The van der Waals surface area contributed by atoms with Crippen LogP contribution in [0.15, 0.2) is 47.4 Å². The van der Waals surface area contributed by atoms with E-state index in [-0.39, 0.29) is 29.2 Å². The second-order valence-electron chi connectivity index (χ2n) is 6.38. The van der Waals surface area contributed by atoms with Gasteiger partial charge in [-0.2, -0.15) is 0 Å². The topological polar surface area (TPSA) is 122 Å². The highest BCUT2D eigenvalue weighted by Gasteiger charge is 2.34. The van der Waals surface area contributed by atoms with Crippen molar-refractivity contribution < 1.29 is 19.3 Å². The van der Waals surface area contributed by atoms with Crippen LogP contribution in [0, 0.1) is 10.1 Å². The second-order valence-corrected chi connectivity index (χ2v) is 7.81. The van der Waals surface area contributed by atoms with Crippen LogP contribution < -0.4 is 10.6 Å². The lowest BCUT2D eigenvalue weighted by Crippen LogP contribution is -2.37. The van der Waals surface area contributed by atoms with Gasteiger partial charge in [0.15, 0.2) is 0 Å². The molecular weight excluding hydrogens is 444 g/mol. The van der Waals surface area contributed by atoms with Crippen LogP contribution in [-0.2, 0) is 4.79 Å². The number of halogens is 1. The summed E-state index contributed by atoms with van der Waals surface area (Å²) in [5.41, 5.74) is 1.02. The SMILES string of the molecule is CNc1ccc([N+](=O)[O-])cc1C(=O)NCCN1C(=O)S/C(=C\c2ccc(Cl)cc2)C1=O. The second kappa shape index (κ2) is 9.63. The number of carbonyl (C=O) groups excluding carboxylic acids is 3. The first-order valence-electron chi connectivity index (χ1n) is 9.05. The van der Waals surface area contributed by atoms with E-state index in [4.69, 9.17) is 11.6 Å². The van der Waals surface area contributed by atoms with Gasteiger partial charge in [0.1, 0.15) is 0 Å². The first-order chi connectivity index (χ1) is 14.8. The summed E-state index contributed by atoms with van der Waals surface area (Å²) < 4.78 is 0. The molecule has 1 aliphatic heterocycles. The van der Waals surface area contributed by atoms with Crippen LogP contribution in [0.5, 0.6) is 0 Å². The van der Waals surface area contributed by atoms with Crippen molar-refractivity contribution in [1.29, 1.82) is 0 Å². The summed E-state index contributed by atoms with van der Waals surface area (Å²) in [5.74, 6) is -1.01. The van der Waals surface area contributed by atoms with Crippen molar-refractivity contribution in [3.8, 4) is 0 Å². The Kier molecular flexibility index (Phi) is 6.93. The number of nitro benzene ring substituents is 1. The molecule has 0 atom stereocenters. The van der Waals surface area contributed by atoms with E-state index in [1.807, 2.05) is 0 Å². The van der Waals surface area contributed by atoms with Gasteiger partial charge in [-0.05, 0) is 41.6 Å². The molecule has 31 heavy (non-hydrogen) atoms. The van der Waals surface area contributed by atoms with Crippen LogP contribution >= 0.6 is 23.4 Å². The molecule has 2 aromatic carbocycles. The summed E-state index contributed by atoms with van der Waals surface area (Å²) in [6, 6.07) is 10.7. The smallest absolute Gasteiger partial charge is 0.293 e. The highest BCUT2D eigenvalue weighted by atomic mass is 35.5. The van der Waals surface area contributed by atoms with E-state index in [9.17, 15) is 24.5 Å². The van der Waals surface area contributed by atoms with E-state index in [2.05, 4.69) is 10.6 Å². The van der Waals surface area contributed by atoms with Gasteiger partial charge in [0.25, 0.3) is 22.7 Å². The summed E-state index contributed by atoms with van der Waals surface area (Å²) in [6.45, 7) is -0.0326. The van der Waals surface area contributed by atoms with Gasteiger partial charge >= 0.3 is 0 Å². The van der Waals surface area contributed by atoms with Gasteiger partial charge in [0, 0.05) is 43.0 Å². The minimum Gasteiger partial charge on any atom is -0.387 e. The van der Waals surface area contributed by atoms with Gasteiger partial charge in [-0.25, -0.2) is 0 Å².